The van der Waals surface area contributed by atoms with Crippen molar-refractivity contribution in [3.63, 3.8) is 0 Å². The molecule has 1 N–H and O–H groups in total. The number of nitrogens with zero attached hydrogens (tertiary/aromatic N) is 2. The Bertz CT molecular complexity index is 755. The lowest BCUT2D eigenvalue weighted by atomic mass is 10.1. The van der Waals surface area contributed by atoms with Crippen molar-refractivity contribution in [2.45, 2.75) is 12.5 Å². The van der Waals surface area contributed by atoms with Gasteiger partial charge in [0.2, 0.25) is 5.91 Å². The maximum Gasteiger partial charge on any atom is 0.248 e. The van der Waals surface area contributed by atoms with Crippen LogP contribution in [0.2, 0.25) is 5.02 Å². The van der Waals surface area contributed by atoms with Gasteiger partial charge in [0.25, 0.3) is 0 Å². The molecule has 3 rings (SSSR count). The van der Waals surface area contributed by atoms with Crippen LogP contribution in [0.15, 0.2) is 73.2 Å². The van der Waals surface area contributed by atoms with Crippen molar-refractivity contribution in [3.8, 4) is 0 Å². The molecular weight excluding hydrogens is 310 g/mol. The van der Waals surface area contributed by atoms with Crippen LogP contribution >= 0.6 is 11.6 Å². The number of carbonyl (C=O) groups is 1. The maximum atomic E-state index is 12.7. The molecule has 5 heteroatoms. The summed E-state index contributed by atoms with van der Waals surface area (Å²) >= 11 is 5.82. The summed E-state index contributed by atoms with van der Waals surface area (Å²) in [6, 6.07) is 16.8. The van der Waals surface area contributed by atoms with E-state index in [0.717, 1.165) is 5.56 Å². The van der Waals surface area contributed by atoms with Crippen LogP contribution in [-0.2, 0) is 11.2 Å². The number of aromatic nitrogens is 2. The molecule has 0 aliphatic heterocycles. The first-order valence-electron chi connectivity index (χ1n) is 7.31. The van der Waals surface area contributed by atoms with E-state index in [-0.39, 0.29) is 11.9 Å². The predicted octanol–water partition coefficient (Wildman–Crippen LogP) is 3.96. The van der Waals surface area contributed by atoms with E-state index in [4.69, 9.17) is 11.6 Å². The minimum absolute atomic E-state index is 0.111. The SMILES string of the molecule is O=C(Nc1ccc(Cl)cn1)[C@@H](Cc1ccccc1)n1cccc1. The molecule has 0 aliphatic rings. The van der Waals surface area contributed by atoms with Gasteiger partial charge >= 0.3 is 0 Å². The Labute approximate surface area is 139 Å². The number of halogens is 1. The number of carbonyl (C=O) groups excluding carboxylic acids is 1. The van der Waals surface area contributed by atoms with Crippen molar-refractivity contribution < 1.29 is 4.79 Å². The third-order valence-electron chi connectivity index (χ3n) is 3.54. The van der Waals surface area contributed by atoms with E-state index < -0.39 is 0 Å². The van der Waals surface area contributed by atoms with Gasteiger partial charge in [-0.15, -0.1) is 0 Å². The lowest BCUT2D eigenvalue weighted by Gasteiger charge is -2.18. The van der Waals surface area contributed by atoms with Crippen molar-refractivity contribution in [2.24, 2.45) is 0 Å². The van der Waals surface area contributed by atoms with Crippen molar-refractivity contribution in [2.75, 3.05) is 5.32 Å². The normalized spacial score (nSPS) is 11.9. The Kier molecular flexibility index (Phi) is 4.74. The van der Waals surface area contributed by atoms with Gasteiger partial charge in [0.05, 0.1) is 5.02 Å². The minimum atomic E-state index is -0.343. The number of hydrogen-bond acceptors (Lipinski definition) is 2. The van der Waals surface area contributed by atoms with Gasteiger partial charge in [0.1, 0.15) is 11.9 Å². The third-order valence-corrected chi connectivity index (χ3v) is 3.76. The summed E-state index contributed by atoms with van der Waals surface area (Å²) in [4.78, 5) is 16.8. The topological polar surface area (TPSA) is 46.9 Å². The lowest BCUT2D eigenvalue weighted by molar-refractivity contribution is -0.119. The summed E-state index contributed by atoms with van der Waals surface area (Å²) in [7, 11) is 0. The zero-order valence-electron chi connectivity index (χ0n) is 12.4. The van der Waals surface area contributed by atoms with E-state index in [1.54, 1.807) is 12.1 Å². The summed E-state index contributed by atoms with van der Waals surface area (Å²) in [6.07, 6.45) is 5.90. The van der Waals surface area contributed by atoms with Gasteiger partial charge < -0.3 is 9.88 Å². The highest BCUT2D eigenvalue weighted by Gasteiger charge is 2.20. The third kappa shape index (κ3) is 3.99. The number of benzene rings is 1. The van der Waals surface area contributed by atoms with E-state index in [0.29, 0.717) is 17.3 Å². The van der Waals surface area contributed by atoms with Gasteiger partial charge in [-0.25, -0.2) is 4.98 Å². The summed E-state index contributed by atoms with van der Waals surface area (Å²) in [5.41, 5.74) is 1.10. The highest BCUT2D eigenvalue weighted by molar-refractivity contribution is 6.30. The Morgan fingerprint density at radius 2 is 1.83 bits per heavy atom. The Hall–Kier alpha value is -2.59. The van der Waals surface area contributed by atoms with Gasteiger partial charge in [0.15, 0.2) is 0 Å². The monoisotopic (exact) mass is 325 g/mol. The molecule has 1 aromatic carbocycles. The average Bonchev–Trinajstić information content (AvgIpc) is 3.10. The van der Waals surface area contributed by atoms with Crippen LogP contribution in [0.4, 0.5) is 5.82 Å². The van der Waals surface area contributed by atoms with Crippen LogP contribution in [0.25, 0.3) is 0 Å². The molecule has 4 nitrogen and oxygen atoms in total. The molecule has 0 unspecified atom stereocenters. The van der Waals surface area contributed by atoms with Gasteiger partial charge in [-0.3, -0.25) is 4.79 Å². The molecule has 0 aliphatic carbocycles. The maximum absolute atomic E-state index is 12.7. The molecule has 0 bridgehead atoms. The Morgan fingerprint density at radius 3 is 2.48 bits per heavy atom. The quantitative estimate of drug-likeness (QED) is 0.772. The highest BCUT2D eigenvalue weighted by atomic mass is 35.5. The number of hydrogen-bond donors (Lipinski definition) is 1. The zero-order chi connectivity index (χ0) is 16.1. The summed E-state index contributed by atoms with van der Waals surface area (Å²) in [5, 5.41) is 3.38. The van der Waals surface area contributed by atoms with Crippen LogP contribution in [0.3, 0.4) is 0 Å². The van der Waals surface area contributed by atoms with Crippen LogP contribution in [0.5, 0.6) is 0 Å². The first-order chi connectivity index (χ1) is 11.2. The predicted molar refractivity (Wildman–Crippen MR) is 91.5 cm³/mol. The molecule has 1 atom stereocenters. The van der Waals surface area contributed by atoms with Crippen LogP contribution in [-0.4, -0.2) is 15.5 Å². The number of pyridine rings is 1. The van der Waals surface area contributed by atoms with E-state index in [1.807, 2.05) is 59.4 Å². The van der Waals surface area contributed by atoms with Gasteiger partial charge in [-0.1, -0.05) is 41.9 Å². The van der Waals surface area contributed by atoms with Crippen molar-refractivity contribution >= 4 is 23.3 Å². The number of amides is 1. The summed E-state index contributed by atoms with van der Waals surface area (Å²) in [6.45, 7) is 0. The second-order valence-electron chi connectivity index (χ2n) is 5.19. The number of rotatable bonds is 5. The molecule has 3 aromatic rings. The first-order valence-corrected chi connectivity index (χ1v) is 7.69. The first kappa shape index (κ1) is 15.3. The molecule has 2 heterocycles. The van der Waals surface area contributed by atoms with Gasteiger partial charge in [-0.2, -0.15) is 0 Å². The largest absolute Gasteiger partial charge is 0.342 e. The zero-order valence-corrected chi connectivity index (χ0v) is 13.1. The van der Waals surface area contributed by atoms with E-state index in [9.17, 15) is 4.79 Å². The van der Waals surface area contributed by atoms with Gasteiger partial charge in [-0.05, 0) is 29.8 Å². The highest BCUT2D eigenvalue weighted by Crippen LogP contribution is 2.18. The molecule has 0 saturated heterocycles. The molecule has 0 fully saturated rings. The smallest absolute Gasteiger partial charge is 0.248 e. The molecular formula is C18H16ClN3O. The van der Waals surface area contributed by atoms with Crippen molar-refractivity contribution in [1.29, 1.82) is 0 Å². The van der Waals surface area contributed by atoms with Crippen molar-refractivity contribution in [1.82, 2.24) is 9.55 Å². The summed E-state index contributed by atoms with van der Waals surface area (Å²) < 4.78 is 1.90. The second-order valence-corrected chi connectivity index (χ2v) is 5.62. The average molecular weight is 326 g/mol. The molecule has 116 valence electrons. The molecule has 23 heavy (non-hydrogen) atoms. The van der Waals surface area contributed by atoms with E-state index >= 15 is 0 Å². The van der Waals surface area contributed by atoms with Gasteiger partial charge in [0, 0.05) is 25.0 Å². The molecule has 0 saturated carbocycles. The lowest BCUT2D eigenvalue weighted by Crippen LogP contribution is -2.27. The fourth-order valence-corrected chi connectivity index (χ4v) is 2.50. The van der Waals surface area contributed by atoms with Crippen LogP contribution in [0.1, 0.15) is 11.6 Å². The number of nitrogens with one attached hydrogen (secondary N) is 1. The molecule has 1 amide bonds. The molecule has 0 radical (unpaired) electrons. The number of anilines is 1. The molecule has 0 spiro atoms. The van der Waals surface area contributed by atoms with Crippen LogP contribution in [0, 0.1) is 0 Å². The fraction of sp³-hybridized carbons (Fsp3) is 0.111. The molecule has 2 aromatic heterocycles. The van der Waals surface area contributed by atoms with Crippen LogP contribution < -0.4 is 5.32 Å². The van der Waals surface area contributed by atoms with E-state index in [2.05, 4.69) is 10.3 Å². The van der Waals surface area contributed by atoms with Crippen molar-refractivity contribution in [3.05, 3.63) is 83.8 Å². The summed E-state index contributed by atoms with van der Waals surface area (Å²) in [5.74, 6) is 0.379. The standard InChI is InChI=1S/C18H16ClN3O/c19-15-8-9-17(20-13-15)21-18(23)16(22-10-4-5-11-22)12-14-6-2-1-3-7-14/h1-11,13,16H,12H2,(H,20,21,23)/t16-/m1/s1. The minimum Gasteiger partial charge on any atom is -0.342 e. The Morgan fingerprint density at radius 1 is 1.09 bits per heavy atom. The fourth-order valence-electron chi connectivity index (χ4n) is 2.39. The Balaban J connectivity index is 1.80. The second kappa shape index (κ2) is 7.11. The van der Waals surface area contributed by atoms with E-state index in [1.165, 1.54) is 6.20 Å².